The average Bonchev–Trinajstić information content (AvgIpc) is 3.21. The van der Waals surface area contributed by atoms with Crippen LogP contribution in [0.1, 0.15) is 21.5 Å². The molecule has 0 saturated heterocycles. The third-order valence-corrected chi connectivity index (χ3v) is 4.56. The quantitative estimate of drug-likeness (QED) is 0.390. The minimum atomic E-state index is -4.43. The van der Waals surface area contributed by atoms with Gasteiger partial charge in [-0.25, -0.2) is 9.48 Å². The number of halogens is 3. The van der Waals surface area contributed by atoms with Crippen LogP contribution in [-0.2, 0) is 22.2 Å². The maximum absolute atomic E-state index is 12.8. The minimum Gasteiger partial charge on any atom is -0.477 e. The van der Waals surface area contributed by atoms with Gasteiger partial charge in [0.2, 0.25) is 0 Å². The van der Waals surface area contributed by atoms with Crippen molar-refractivity contribution in [3.05, 3.63) is 65.4 Å². The second kappa shape index (κ2) is 10.9. The van der Waals surface area contributed by atoms with E-state index in [1.165, 1.54) is 49.4 Å². The molecule has 3 rings (SSSR count). The Balaban J connectivity index is 1.91. The first kappa shape index (κ1) is 24.9. The maximum Gasteiger partial charge on any atom is 0.416 e. The highest BCUT2D eigenvalue weighted by Crippen LogP contribution is 2.35. The number of aromatic nitrogens is 2. The van der Waals surface area contributed by atoms with E-state index in [-0.39, 0.29) is 42.9 Å². The largest absolute Gasteiger partial charge is 0.477 e. The van der Waals surface area contributed by atoms with E-state index in [0.29, 0.717) is 11.4 Å². The molecule has 9 nitrogen and oxygen atoms in total. The lowest BCUT2D eigenvalue weighted by atomic mass is 10.1. The normalized spacial score (nSPS) is 11.3. The molecule has 0 amide bonds. The minimum absolute atomic E-state index is 0.000687. The van der Waals surface area contributed by atoms with E-state index in [0.717, 1.165) is 12.1 Å². The van der Waals surface area contributed by atoms with Crippen LogP contribution in [0.5, 0.6) is 11.5 Å². The van der Waals surface area contributed by atoms with Crippen molar-refractivity contribution in [2.75, 3.05) is 33.1 Å². The highest BCUT2D eigenvalue weighted by atomic mass is 19.4. The van der Waals surface area contributed by atoms with Crippen molar-refractivity contribution < 1.29 is 42.0 Å². The zero-order valence-electron chi connectivity index (χ0n) is 18.3. The van der Waals surface area contributed by atoms with Crippen molar-refractivity contribution in [2.45, 2.75) is 12.7 Å². The van der Waals surface area contributed by atoms with E-state index in [1.54, 1.807) is 6.07 Å². The Morgan fingerprint density at radius 2 is 1.74 bits per heavy atom. The summed E-state index contributed by atoms with van der Waals surface area (Å²) in [7, 11) is 2.83. The predicted octanol–water partition coefficient (Wildman–Crippen LogP) is 4.36. The molecule has 3 aromatic rings. The summed E-state index contributed by atoms with van der Waals surface area (Å²) >= 11 is 0. The van der Waals surface area contributed by atoms with Crippen LogP contribution in [0.25, 0.3) is 0 Å². The van der Waals surface area contributed by atoms with Gasteiger partial charge in [0.05, 0.1) is 24.0 Å². The molecule has 0 unspecified atom stereocenters. The molecule has 2 N–H and O–H groups in total. The summed E-state index contributed by atoms with van der Waals surface area (Å²) in [5, 5.41) is 17.0. The zero-order chi connectivity index (χ0) is 24.7. The molecular weight excluding hydrogens is 459 g/mol. The first-order chi connectivity index (χ1) is 16.2. The van der Waals surface area contributed by atoms with E-state index < -0.39 is 17.7 Å². The van der Waals surface area contributed by atoms with Crippen molar-refractivity contribution in [1.29, 1.82) is 0 Å². The van der Waals surface area contributed by atoms with Crippen LogP contribution < -0.4 is 14.8 Å². The number of rotatable bonds is 11. The van der Waals surface area contributed by atoms with Crippen LogP contribution in [-0.4, -0.2) is 48.7 Å². The molecular formula is C22H22F3N3O6. The Hall–Kier alpha value is -3.77. The number of alkyl halides is 3. The summed E-state index contributed by atoms with van der Waals surface area (Å²) in [5.41, 5.74) is -0.220. The summed E-state index contributed by atoms with van der Waals surface area (Å²) in [6.07, 6.45) is -2.96. The van der Waals surface area contributed by atoms with E-state index in [4.69, 9.17) is 18.9 Å². The first-order valence-electron chi connectivity index (χ1n) is 9.82. The molecule has 182 valence electrons. The van der Waals surface area contributed by atoms with Gasteiger partial charge in [-0.1, -0.05) is 12.1 Å². The molecule has 0 fully saturated rings. The number of nitrogens with one attached hydrogen (secondary N) is 1. The van der Waals surface area contributed by atoms with Gasteiger partial charge in [-0.2, -0.15) is 18.3 Å². The summed E-state index contributed by atoms with van der Waals surface area (Å²) in [6, 6.07) is 9.13. The first-order valence-corrected chi connectivity index (χ1v) is 9.82. The van der Waals surface area contributed by atoms with Crippen LogP contribution in [0, 0.1) is 0 Å². The fourth-order valence-corrected chi connectivity index (χ4v) is 3.03. The smallest absolute Gasteiger partial charge is 0.416 e. The van der Waals surface area contributed by atoms with Gasteiger partial charge in [0.1, 0.15) is 22.9 Å². The maximum atomic E-state index is 12.8. The molecule has 0 aliphatic rings. The number of hydrogen-bond acceptors (Lipinski definition) is 7. The van der Waals surface area contributed by atoms with Crippen molar-refractivity contribution in [1.82, 2.24) is 9.78 Å². The standard InChI is InChI=1S/C22H22F3N3O6/c1-31-12-33-16-9-17(20(21(29)30)18(10-16)34-13-32-2)27-19-7-8-26-28(19)11-14-3-5-15(6-4-14)22(23,24)25/h3-10,27H,11-13H2,1-2H3,(H,29,30). The fourth-order valence-electron chi connectivity index (χ4n) is 3.03. The van der Waals surface area contributed by atoms with Crippen molar-refractivity contribution >= 4 is 17.5 Å². The van der Waals surface area contributed by atoms with Crippen molar-refractivity contribution in [2.24, 2.45) is 0 Å². The number of benzene rings is 2. The SMILES string of the molecule is COCOc1cc(Nc2ccnn2Cc2ccc(C(F)(F)F)cc2)c(C(=O)O)c(OCOC)c1. The third kappa shape index (κ3) is 6.17. The summed E-state index contributed by atoms with van der Waals surface area (Å²) in [5.74, 6) is -0.599. The lowest BCUT2D eigenvalue weighted by Crippen LogP contribution is -2.12. The van der Waals surface area contributed by atoms with Gasteiger partial charge in [-0.05, 0) is 17.7 Å². The van der Waals surface area contributed by atoms with Gasteiger partial charge in [0.25, 0.3) is 0 Å². The van der Waals surface area contributed by atoms with Gasteiger partial charge < -0.3 is 29.4 Å². The van der Waals surface area contributed by atoms with Gasteiger partial charge in [0.15, 0.2) is 13.6 Å². The molecule has 0 radical (unpaired) electrons. The molecule has 0 saturated carbocycles. The lowest BCUT2D eigenvalue weighted by molar-refractivity contribution is -0.137. The van der Waals surface area contributed by atoms with E-state index in [1.807, 2.05) is 0 Å². The Bertz CT molecular complexity index is 1120. The number of nitrogens with zero attached hydrogens (tertiary/aromatic N) is 2. The van der Waals surface area contributed by atoms with E-state index in [9.17, 15) is 23.1 Å². The molecule has 0 spiro atoms. The van der Waals surface area contributed by atoms with Gasteiger partial charge >= 0.3 is 12.1 Å². The molecule has 0 aliphatic heterocycles. The summed E-state index contributed by atoms with van der Waals surface area (Å²) in [6.45, 7) is -0.135. The third-order valence-electron chi connectivity index (χ3n) is 4.56. The second-order valence-corrected chi connectivity index (χ2v) is 6.94. The lowest BCUT2D eigenvalue weighted by Gasteiger charge is -2.17. The monoisotopic (exact) mass is 481 g/mol. The highest BCUT2D eigenvalue weighted by Gasteiger charge is 2.30. The molecule has 34 heavy (non-hydrogen) atoms. The highest BCUT2D eigenvalue weighted by molar-refractivity contribution is 5.98. The Morgan fingerprint density at radius 1 is 1.06 bits per heavy atom. The van der Waals surface area contributed by atoms with Crippen LogP contribution in [0.2, 0.25) is 0 Å². The molecule has 1 aromatic heterocycles. The molecule has 0 atom stereocenters. The summed E-state index contributed by atoms with van der Waals surface area (Å²) < 4.78 is 60.6. The van der Waals surface area contributed by atoms with Gasteiger partial charge in [-0.15, -0.1) is 0 Å². The average molecular weight is 481 g/mol. The zero-order valence-corrected chi connectivity index (χ0v) is 18.3. The number of carboxylic acids is 1. The predicted molar refractivity (Wildman–Crippen MR) is 114 cm³/mol. The van der Waals surface area contributed by atoms with Crippen LogP contribution >= 0.6 is 0 Å². The second-order valence-electron chi connectivity index (χ2n) is 6.94. The van der Waals surface area contributed by atoms with E-state index in [2.05, 4.69) is 10.4 Å². The molecule has 0 aliphatic carbocycles. The fraction of sp³-hybridized carbons (Fsp3) is 0.273. The molecule has 12 heteroatoms. The number of hydrogen-bond donors (Lipinski definition) is 2. The number of carbonyl (C=O) groups is 1. The van der Waals surface area contributed by atoms with Gasteiger partial charge in [0, 0.05) is 32.4 Å². The summed E-state index contributed by atoms with van der Waals surface area (Å²) in [4.78, 5) is 12.0. The number of carboxylic acid groups (broad SMARTS) is 1. The Labute approximate surface area is 192 Å². The Morgan fingerprint density at radius 3 is 2.35 bits per heavy atom. The van der Waals surface area contributed by atoms with Crippen LogP contribution in [0.4, 0.5) is 24.7 Å². The Kier molecular flexibility index (Phi) is 7.97. The van der Waals surface area contributed by atoms with Crippen molar-refractivity contribution in [3.8, 4) is 11.5 Å². The van der Waals surface area contributed by atoms with Gasteiger partial charge in [-0.3, -0.25) is 0 Å². The number of anilines is 2. The van der Waals surface area contributed by atoms with E-state index >= 15 is 0 Å². The van der Waals surface area contributed by atoms with Crippen LogP contribution in [0.3, 0.4) is 0 Å². The number of ether oxygens (including phenoxy) is 4. The number of methoxy groups -OCH3 is 2. The molecule has 2 aromatic carbocycles. The molecule has 0 bridgehead atoms. The van der Waals surface area contributed by atoms with Crippen LogP contribution in [0.15, 0.2) is 48.7 Å². The van der Waals surface area contributed by atoms with Crippen molar-refractivity contribution in [3.63, 3.8) is 0 Å². The number of aromatic carboxylic acids is 1. The molecule has 1 heterocycles. The topological polar surface area (TPSA) is 104 Å².